The van der Waals surface area contributed by atoms with E-state index in [1.807, 2.05) is 10.3 Å². The quantitative estimate of drug-likeness (QED) is 0.911. The molecule has 1 saturated heterocycles. The summed E-state index contributed by atoms with van der Waals surface area (Å²) < 4.78 is 0. The van der Waals surface area contributed by atoms with Crippen molar-refractivity contribution in [1.82, 2.24) is 4.90 Å². The minimum Gasteiger partial charge on any atom is -0.317 e. The van der Waals surface area contributed by atoms with Crippen LogP contribution in [0.15, 0.2) is 41.1 Å². The molecular weight excluding hydrogens is 282 g/mol. The molecule has 1 aliphatic heterocycles. The fourth-order valence-electron chi connectivity index (χ4n) is 2.64. The van der Waals surface area contributed by atoms with E-state index in [2.05, 4.69) is 22.8 Å². The molecule has 1 aromatic heterocycles. The number of nitrogens with zero attached hydrogens (tertiary/aromatic N) is 2. The summed E-state index contributed by atoms with van der Waals surface area (Å²) in [5.41, 5.74) is 2.52. The van der Waals surface area contributed by atoms with Crippen molar-refractivity contribution in [2.24, 2.45) is 0 Å². The maximum absolute atomic E-state index is 12.4. The maximum Gasteiger partial charge on any atom is 0.322 e. The average molecular weight is 297 g/mol. The molecule has 0 bridgehead atoms. The van der Waals surface area contributed by atoms with Crippen molar-refractivity contribution in [1.29, 1.82) is 5.26 Å². The van der Waals surface area contributed by atoms with Gasteiger partial charge in [-0.15, -0.1) is 0 Å². The zero-order valence-electron chi connectivity index (χ0n) is 11.5. The van der Waals surface area contributed by atoms with Crippen LogP contribution in [0.3, 0.4) is 0 Å². The van der Waals surface area contributed by atoms with Gasteiger partial charge in [-0.25, -0.2) is 4.79 Å². The Kier molecular flexibility index (Phi) is 3.89. The lowest BCUT2D eigenvalue weighted by molar-refractivity contribution is 0.207. The lowest BCUT2D eigenvalue weighted by Crippen LogP contribution is -2.34. The summed E-state index contributed by atoms with van der Waals surface area (Å²) in [7, 11) is 0. The summed E-state index contributed by atoms with van der Waals surface area (Å²) in [5, 5.41) is 15.8. The van der Waals surface area contributed by atoms with E-state index in [4.69, 9.17) is 5.26 Å². The van der Waals surface area contributed by atoms with Gasteiger partial charge in [0, 0.05) is 12.2 Å². The molecule has 3 rings (SSSR count). The number of carbonyl (C=O) groups is 1. The molecule has 21 heavy (non-hydrogen) atoms. The van der Waals surface area contributed by atoms with E-state index in [1.54, 1.807) is 35.6 Å². The minimum absolute atomic E-state index is 0.0755. The van der Waals surface area contributed by atoms with Gasteiger partial charge in [0.2, 0.25) is 0 Å². The van der Waals surface area contributed by atoms with Crippen molar-refractivity contribution in [3.63, 3.8) is 0 Å². The molecule has 1 N–H and O–H groups in total. The van der Waals surface area contributed by atoms with Crippen LogP contribution in [0, 0.1) is 11.3 Å². The van der Waals surface area contributed by atoms with Gasteiger partial charge in [0.1, 0.15) is 0 Å². The van der Waals surface area contributed by atoms with Crippen LogP contribution in [0.25, 0.3) is 0 Å². The Balaban J connectivity index is 1.71. The first kappa shape index (κ1) is 13.7. The SMILES string of the molecule is N#Cc1ccc(NC(=O)N2CCC[C@@H]2c2ccsc2)cc1. The fraction of sp³-hybridized carbons (Fsp3) is 0.250. The highest BCUT2D eigenvalue weighted by molar-refractivity contribution is 7.07. The Morgan fingerprint density at radius 3 is 2.81 bits per heavy atom. The summed E-state index contributed by atoms with van der Waals surface area (Å²) in [5.74, 6) is 0. The number of amides is 2. The number of benzene rings is 1. The van der Waals surface area contributed by atoms with Gasteiger partial charge in [0.05, 0.1) is 17.7 Å². The second-order valence-electron chi connectivity index (χ2n) is 5.03. The summed E-state index contributed by atoms with van der Waals surface area (Å²) in [6.45, 7) is 0.780. The second kappa shape index (κ2) is 5.98. The minimum atomic E-state index is -0.0755. The highest BCUT2D eigenvalue weighted by Crippen LogP contribution is 2.33. The van der Waals surface area contributed by atoms with E-state index in [1.165, 1.54) is 5.56 Å². The molecule has 0 saturated carbocycles. The van der Waals surface area contributed by atoms with Crippen molar-refractivity contribution in [2.45, 2.75) is 18.9 Å². The lowest BCUT2D eigenvalue weighted by Gasteiger charge is -2.24. The number of nitrogens with one attached hydrogen (secondary N) is 1. The third-order valence-electron chi connectivity index (χ3n) is 3.71. The van der Waals surface area contributed by atoms with Crippen LogP contribution >= 0.6 is 11.3 Å². The average Bonchev–Trinajstić information content (AvgIpc) is 3.18. The van der Waals surface area contributed by atoms with E-state index >= 15 is 0 Å². The number of thiophene rings is 1. The molecule has 1 aliphatic rings. The molecule has 106 valence electrons. The van der Waals surface area contributed by atoms with Gasteiger partial charge < -0.3 is 10.2 Å². The molecule has 2 aromatic rings. The van der Waals surface area contributed by atoms with E-state index in [-0.39, 0.29) is 12.1 Å². The number of hydrogen-bond donors (Lipinski definition) is 1. The van der Waals surface area contributed by atoms with Gasteiger partial charge >= 0.3 is 6.03 Å². The highest BCUT2D eigenvalue weighted by Gasteiger charge is 2.30. The normalized spacial score (nSPS) is 17.5. The molecule has 2 heterocycles. The summed E-state index contributed by atoms with van der Waals surface area (Å²) in [6, 6.07) is 11.2. The first-order chi connectivity index (χ1) is 10.3. The number of hydrogen-bond acceptors (Lipinski definition) is 3. The van der Waals surface area contributed by atoms with Gasteiger partial charge in [-0.1, -0.05) is 0 Å². The van der Waals surface area contributed by atoms with Crippen LogP contribution in [-0.2, 0) is 0 Å². The van der Waals surface area contributed by atoms with E-state index in [0.717, 1.165) is 25.1 Å². The highest BCUT2D eigenvalue weighted by atomic mass is 32.1. The van der Waals surface area contributed by atoms with E-state index < -0.39 is 0 Å². The first-order valence-corrected chi connectivity index (χ1v) is 7.82. The number of urea groups is 1. The molecule has 0 unspecified atom stereocenters. The van der Waals surface area contributed by atoms with Crippen molar-refractivity contribution >= 4 is 23.1 Å². The Morgan fingerprint density at radius 2 is 2.14 bits per heavy atom. The van der Waals surface area contributed by atoms with Crippen LogP contribution in [0.2, 0.25) is 0 Å². The number of anilines is 1. The van der Waals surface area contributed by atoms with Crippen LogP contribution < -0.4 is 5.32 Å². The Morgan fingerprint density at radius 1 is 1.33 bits per heavy atom. The largest absolute Gasteiger partial charge is 0.322 e. The number of likely N-dealkylation sites (tertiary alicyclic amines) is 1. The number of carbonyl (C=O) groups excluding carboxylic acids is 1. The predicted molar refractivity (Wildman–Crippen MR) is 83.2 cm³/mol. The Labute approximate surface area is 127 Å². The predicted octanol–water partition coefficient (Wildman–Crippen LogP) is 3.99. The Bertz CT molecular complexity index is 658. The van der Waals surface area contributed by atoms with Crippen LogP contribution in [0.4, 0.5) is 10.5 Å². The molecule has 0 aliphatic carbocycles. The van der Waals surface area contributed by atoms with Crippen LogP contribution in [0.1, 0.15) is 30.0 Å². The molecule has 5 heteroatoms. The third-order valence-corrected chi connectivity index (χ3v) is 4.41. The number of rotatable bonds is 2. The van der Waals surface area contributed by atoms with Gasteiger partial charge in [0.25, 0.3) is 0 Å². The summed E-state index contributed by atoms with van der Waals surface area (Å²) in [6.07, 6.45) is 2.04. The van der Waals surface area contributed by atoms with Gasteiger partial charge in [-0.3, -0.25) is 0 Å². The van der Waals surface area contributed by atoms with Crippen molar-refractivity contribution in [2.75, 3.05) is 11.9 Å². The summed E-state index contributed by atoms with van der Waals surface area (Å²) in [4.78, 5) is 14.3. The topological polar surface area (TPSA) is 56.1 Å². The zero-order chi connectivity index (χ0) is 14.7. The smallest absolute Gasteiger partial charge is 0.317 e. The van der Waals surface area contributed by atoms with Crippen molar-refractivity contribution in [3.05, 3.63) is 52.2 Å². The molecule has 0 spiro atoms. The van der Waals surface area contributed by atoms with Crippen molar-refractivity contribution < 1.29 is 4.79 Å². The third kappa shape index (κ3) is 2.91. The standard InChI is InChI=1S/C16H15N3OS/c17-10-12-3-5-14(6-4-12)18-16(20)19-8-1-2-15(19)13-7-9-21-11-13/h3-7,9,11,15H,1-2,8H2,(H,18,20)/t15-/m1/s1. The van der Waals surface area contributed by atoms with E-state index in [0.29, 0.717) is 5.56 Å². The second-order valence-corrected chi connectivity index (χ2v) is 5.81. The lowest BCUT2D eigenvalue weighted by atomic mass is 10.1. The molecule has 0 radical (unpaired) electrons. The van der Waals surface area contributed by atoms with Crippen molar-refractivity contribution in [3.8, 4) is 6.07 Å². The first-order valence-electron chi connectivity index (χ1n) is 6.88. The molecule has 2 amide bonds. The van der Waals surface area contributed by atoms with E-state index in [9.17, 15) is 4.79 Å². The maximum atomic E-state index is 12.4. The number of nitriles is 1. The summed E-state index contributed by atoms with van der Waals surface area (Å²) >= 11 is 1.66. The van der Waals surface area contributed by atoms with Gasteiger partial charge in [-0.2, -0.15) is 16.6 Å². The van der Waals surface area contributed by atoms with Crippen LogP contribution in [0.5, 0.6) is 0 Å². The monoisotopic (exact) mass is 297 g/mol. The molecule has 4 nitrogen and oxygen atoms in total. The Hall–Kier alpha value is -2.32. The molecular formula is C16H15N3OS. The fourth-order valence-corrected chi connectivity index (χ4v) is 3.35. The van der Waals surface area contributed by atoms with Crippen LogP contribution in [-0.4, -0.2) is 17.5 Å². The van der Waals surface area contributed by atoms with Gasteiger partial charge in [0.15, 0.2) is 0 Å². The molecule has 1 fully saturated rings. The zero-order valence-corrected chi connectivity index (χ0v) is 12.3. The van der Waals surface area contributed by atoms with Gasteiger partial charge in [-0.05, 0) is 59.5 Å². The molecule has 1 atom stereocenters. The molecule has 1 aromatic carbocycles.